The second-order valence-corrected chi connectivity index (χ2v) is 6.59. The standard InChI is InChI=1S/C23H19N3O2/c1-15-9-11-16(12-10-15)14-25-23(28)21-22(27)20-18(8-5-13-24-20)19(26-21)17-6-3-2-4-7-17/h2-13,27H,14H2,1H3,(H,25,28). The van der Waals surface area contributed by atoms with Gasteiger partial charge in [0.25, 0.3) is 5.91 Å². The summed E-state index contributed by atoms with van der Waals surface area (Å²) >= 11 is 0. The van der Waals surface area contributed by atoms with Gasteiger partial charge in [0.05, 0.1) is 5.69 Å². The summed E-state index contributed by atoms with van der Waals surface area (Å²) < 4.78 is 0. The van der Waals surface area contributed by atoms with Crippen molar-refractivity contribution in [1.82, 2.24) is 15.3 Å². The number of nitrogens with one attached hydrogen (secondary N) is 1. The fourth-order valence-corrected chi connectivity index (χ4v) is 3.07. The summed E-state index contributed by atoms with van der Waals surface area (Å²) in [4.78, 5) is 21.5. The third-order valence-corrected chi connectivity index (χ3v) is 4.57. The maximum atomic E-state index is 12.8. The van der Waals surface area contributed by atoms with E-state index in [-0.39, 0.29) is 11.4 Å². The lowest BCUT2D eigenvalue weighted by atomic mass is 10.0. The molecule has 2 heterocycles. The molecule has 2 N–H and O–H groups in total. The number of aromatic hydroxyl groups is 1. The van der Waals surface area contributed by atoms with E-state index in [1.54, 1.807) is 12.3 Å². The molecule has 0 saturated heterocycles. The topological polar surface area (TPSA) is 75.1 Å². The van der Waals surface area contributed by atoms with Crippen LogP contribution in [0.15, 0.2) is 72.9 Å². The monoisotopic (exact) mass is 369 g/mol. The van der Waals surface area contributed by atoms with E-state index in [0.717, 1.165) is 16.7 Å². The summed E-state index contributed by atoms with van der Waals surface area (Å²) in [7, 11) is 0. The Morgan fingerprint density at radius 3 is 2.50 bits per heavy atom. The third kappa shape index (κ3) is 3.42. The molecule has 0 saturated carbocycles. The zero-order valence-electron chi connectivity index (χ0n) is 15.4. The molecule has 5 nitrogen and oxygen atoms in total. The van der Waals surface area contributed by atoms with Crippen molar-refractivity contribution in [2.45, 2.75) is 13.5 Å². The molecule has 0 radical (unpaired) electrons. The number of hydrogen-bond donors (Lipinski definition) is 2. The number of rotatable bonds is 4. The van der Waals surface area contributed by atoms with Gasteiger partial charge in [-0.25, -0.2) is 4.98 Å². The number of aromatic nitrogens is 2. The van der Waals surface area contributed by atoms with Gasteiger partial charge in [-0.1, -0.05) is 60.2 Å². The first-order valence-corrected chi connectivity index (χ1v) is 9.00. The predicted molar refractivity (Wildman–Crippen MR) is 109 cm³/mol. The Bertz CT molecular complexity index is 1140. The molecule has 2 aromatic carbocycles. The van der Waals surface area contributed by atoms with Crippen LogP contribution in [0.5, 0.6) is 5.75 Å². The third-order valence-electron chi connectivity index (χ3n) is 4.57. The molecule has 0 aliphatic rings. The van der Waals surface area contributed by atoms with E-state index in [1.165, 1.54) is 0 Å². The highest BCUT2D eigenvalue weighted by Crippen LogP contribution is 2.33. The first-order valence-electron chi connectivity index (χ1n) is 9.00. The van der Waals surface area contributed by atoms with Gasteiger partial charge < -0.3 is 10.4 Å². The van der Waals surface area contributed by atoms with Crippen LogP contribution in [0.1, 0.15) is 21.6 Å². The number of nitrogens with zero attached hydrogens (tertiary/aromatic N) is 2. The normalized spacial score (nSPS) is 10.8. The average Bonchev–Trinajstić information content (AvgIpc) is 2.74. The van der Waals surface area contributed by atoms with Crippen LogP contribution >= 0.6 is 0 Å². The second kappa shape index (κ2) is 7.48. The van der Waals surface area contributed by atoms with Crippen LogP contribution in [0.25, 0.3) is 22.2 Å². The zero-order valence-corrected chi connectivity index (χ0v) is 15.4. The minimum atomic E-state index is -0.442. The van der Waals surface area contributed by atoms with Crippen LogP contribution in [-0.4, -0.2) is 21.0 Å². The van der Waals surface area contributed by atoms with Crippen molar-refractivity contribution in [3.05, 3.63) is 89.7 Å². The first kappa shape index (κ1) is 17.7. The van der Waals surface area contributed by atoms with Crippen LogP contribution < -0.4 is 5.32 Å². The largest absolute Gasteiger partial charge is 0.504 e. The van der Waals surface area contributed by atoms with Crippen molar-refractivity contribution in [3.8, 4) is 17.0 Å². The summed E-state index contributed by atoms with van der Waals surface area (Å²) in [6, 6.07) is 21.1. The number of fused-ring (bicyclic) bond motifs is 1. The Morgan fingerprint density at radius 2 is 1.75 bits per heavy atom. The molecular formula is C23H19N3O2. The van der Waals surface area contributed by atoms with Crippen LogP contribution in [-0.2, 0) is 6.54 Å². The smallest absolute Gasteiger partial charge is 0.274 e. The molecule has 4 rings (SSSR count). The molecule has 0 fully saturated rings. The van der Waals surface area contributed by atoms with E-state index in [0.29, 0.717) is 23.1 Å². The summed E-state index contributed by atoms with van der Waals surface area (Å²) in [6.07, 6.45) is 1.59. The van der Waals surface area contributed by atoms with Gasteiger partial charge in [-0.15, -0.1) is 0 Å². The summed E-state index contributed by atoms with van der Waals surface area (Å²) in [5.41, 5.74) is 3.92. The molecule has 0 bridgehead atoms. The Kier molecular flexibility index (Phi) is 4.72. The fourth-order valence-electron chi connectivity index (χ4n) is 3.07. The Morgan fingerprint density at radius 1 is 1.00 bits per heavy atom. The van der Waals surface area contributed by atoms with Crippen LogP contribution in [0, 0.1) is 6.92 Å². The maximum Gasteiger partial charge on any atom is 0.274 e. The van der Waals surface area contributed by atoms with Gasteiger partial charge in [-0.3, -0.25) is 9.78 Å². The minimum absolute atomic E-state index is 0.0304. The highest BCUT2D eigenvalue weighted by atomic mass is 16.3. The molecule has 0 atom stereocenters. The van der Waals surface area contributed by atoms with Gasteiger partial charge in [0.2, 0.25) is 0 Å². The molecule has 138 valence electrons. The Balaban J connectivity index is 1.73. The Labute approximate surface area is 162 Å². The number of benzene rings is 2. The van der Waals surface area contributed by atoms with Crippen molar-refractivity contribution < 1.29 is 9.90 Å². The number of carbonyl (C=O) groups is 1. The number of aryl methyl sites for hydroxylation is 1. The molecule has 4 aromatic rings. The first-order chi connectivity index (χ1) is 13.6. The quantitative estimate of drug-likeness (QED) is 0.564. The lowest BCUT2D eigenvalue weighted by Crippen LogP contribution is -2.24. The van der Waals surface area contributed by atoms with E-state index in [1.807, 2.05) is 67.6 Å². The molecule has 0 aliphatic heterocycles. The van der Waals surface area contributed by atoms with Crippen molar-refractivity contribution in [1.29, 1.82) is 0 Å². The summed E-state index contributed by atoms with van der Waals surface area (Å²) in [6.45, 7) is 2.36. The Hall–Kier alpha value is -3.73. The molecule has 1 amide bonds. The zero-order chi connectivity index (χ0) is 19.5. The summed E-state index contributed by atoms with van der Waals surface area (Å²) in [5.74, 6) is -0.653. The van der Waals surface area contributed by atoms with Crippen LogP contribution in [0.4, 0.5) is 0 Å². The molecule has 2 aromatic heterocycles. The SMILES string of the molecule is Cc1ccc(CNC(=O)c2nc(-c3ccccc3)c3cccnc3c2O)cc1. The van der Waals surface area contributed by atoms with Gasteiger partial charge in [0, 0.05) is 23.7 Å². The van der Waals surface area contributed by atoms with Gasteiger partial charge in [-0.2, -0.15) is 0 Å². The maximum absolute atomic E-state index is 12.8. The van der Waals surface area contributed by atoms with Crippen molar-refractivity contribution in [3.63, 3.8) is 0 Å². The number of hydrogen-bond acceptors (Lipinski definition) is 4. The van der Waals surface area contributed by atoms with Crippen molar-refractivity contribution in [2.75, 3.05) is 0 Å². The van der Waals surface area contributed by atoms with E-state index < -0.39 is 5.91 Å². The number of amides is 1. The van der Waals surface area contributed by atoms with E-state index >= 15 is 0 Å². The lowest BCUT2D eigenvalue weighted by Gasteiger charge is -2.12. The molecule has 0 unspecified atom stereocenters. The number of carbonyl (C=O) groups excluding carboxylic acids is 1. The lowest BCUT2D eigenvalue weighted by molar-refractivity contribution is 0.0943. The van der Waals surface area contributed by atoms with Gasteiger partial charge in [0.1, 0.15) is 5.52 Å². The fraction of sp³-hybridized carbons (Fsp3) is 0.0870. The van der Waals surface area contributed by atoms with Crippen LogP contribution in [0.3, 0.4) is 0 Å². The van der Waals surface area contributed by atoms with Crippen molar-refractivity contribution in [2.24, 2.45) is 0 Å². The van der Waals surface area contributed by atoms with Crippen molar-refractivity contribution >= 4 is 16.8 Å². The van der Waals surface area contributed by atoms with Gasteiger partial charge >= 0.3 is 0 Å². The van der Waals surface area contributed by atoms with Gasteiger partial charge in [-0.05, 0) is 24.6 Å². The van der Waals surface area contributed by atoms with E-state index in [4.69, 9.17) is 0 Å². The second-order valence-electron chi connectivity index (χ2n) is 6.59. The van der Waals surface area contributed by atoms with Gasteiger partial charge in [0.15, 0.2) is 11.4 Å². The molecule has 0 aliphatic carbocycles. The summed E-state index contributed by atoms with van der Waals surface area (Å²) in [5, 5.41) is 14.2. The van der Waals surface area contributed by atoms with E-state index in [9.17, 15) is 9.90 Å². The molecule has 5 heteroatoms. The highest BCUT2D eigenvalue weighted by molar-refractivity contribution is 6.04. The predicted octanol–water partition coefficient (Wildman–Crippen LogP) is 4.24. The highest BCUT2D eigenvalue weighted by Gasteiger charge is 2.20. The molecule has 28 heavy (non-hydrogen) atoms. The molecular weight excluding hydrogens is 350 g/mol. The van der Waals surface area contributed by atoms with E-state index in [2.05, 4.69) is 15.3 Å². The molecule has 0 spiro atoms. The average molecular weight is 369 g/mol. The number of pyridine rings is 2. The minimum Gasteiger partial charge on any atom is -0.504 e. The van der Waals surface area contributed by atoms with Crippen LogP contribution in [0.2, 0.25) is 0 Å².